The summed E-state index contributed by atoms with van der Waals surface area (Å²) in [6.45, 7) is 0.245. The lowest BCUT2D eigenvalue weighted by atomic mass is 9.87. The zero-order valence-corrected chi connectivity index (χ0v) is 19.6. The van der Waals surface area contributed by atoms with Gasteiger partial charge in [-0.25, -0.2) is 18.0 Å². The normalized spacial score (nSPS) is 14.8. The molecule has 1 aliphatic heterocycles. The maximum Gasteiger partial charge on any atom is 0.323 e. The Morgan fingerprint density at radius 1 is 0.917 bits per heavy atom. The molecule has 5 nitrogen and oxygen atoms in total. The van der Waals surface area contributed by atoms with Crippen LogP contribution in [0.25, 0.3) is 0 Å². The first-order valence-electron chi connectivity index (χ1n) is 11.2. The monoisotopic (exact) mass is 508 g/mol. The third-order valence-electron chi connectivity index (χ3n) is 6.04. The lowest BCUT2D eigenvalue weighted by molar-refractivity contribution is 0.262. The number of carbonyl (C=O) groups excluding carboxylic acids is 1. The quantitative estimate of drug-likeness (QED) is 0.305. The van der Waals surface area contributed by atoms with E-state index in [1.165, 1.54) is 12.1 Å². The summed E-state index contributed by atoms with van der Waals surface area (Å²) in [5, 5.41) is 5.43. The van der Waals surface area contributed by atoms with Gasteiger partial charge in [0.25, 0.3) is 0 Å². The molecule has 1 aromatic heterocycles. The zero-order valence-electron chi connectivity index (χ0n) is 18.8. The first-order valence-corrected chi connectivity index (χ1v) is 11.5. The molecule has 0 radical (unpaired) electrons. The van der Waals surface area contributed by atoms with Crippen LogP contribution >= 0.6 is 11.6 Å². The van der Waals surface area contributed by atoms with Crippen molar-refractivity contribution in [2.45, 2.75) is 12.3 Å². The van der Waals surface area contributed by atoms with Crippen LogP contribution in [0.5, 0.6) is 0 Å². The van der Waals surface area contributed by atoms with Crippen molar-refractivity contribution in [2.24, 2.45) is 0 Å². The van der Waals surface area contributed by atoms with Gasteiger partial charge in [-0.2, -0.15) is 0 Å². The van der Waals surface area contributed by atoms with Gasteiger partial charge in [0.2, 0.25) is 0 Å². The van der Waals surface area contributed by atoms with Crippen LogP contribution in [0.3, 0.4) is 0 Å². The van der Waals surface area contributed by atoms with Crippen molar-refractivity contribution in [1.82, 2.24) is 4.98 Å². The van der Waals surface area contributed by atoms with Crippen molar-refractivity contribution in [3.8, 4) is 0 Å². The predicted octanol–water partition coefficient (Wildman–Crippen LogP) is 7.27. The van der Waals surface area contributed by atoms with Crippen LogP contribution in [-0.2, 0) is 6.42 Å². The van der Waals surface area contributed by atoms with Gasteiger partial charge in [0.05, 0.1) is 11.4 Å². The van der Waals surface area contributed by atoms with E-state index in [1.807, 2.05) is 0 Å². The molecule has 0 spiro atoms. The van der Waals surface area contributed by atoms with Crippen molar-refractivity contribution in [1.29, 1.82) is 0 Å². The highest BCUT2D eigenvalue weighted by atomic mass is 35.5. The van der Waals surface area contributed by atoms with Crippen LogP contribution in [0, 0.1) is 17.5 Å². The molecule has 3 aromatic carbocycles. The smallest absolute Gasteiger partial charge is 0.323 e. The van der Waals surface area contributed by atoms with E-state index in [2.05, 4.69) is 15.6 Å². The van der Waals surface area contributed by atoms with Crippen LogP contribution in [0.15, 0.2) is 79.1 Å². The van der Waals surface area contributed by atoms with Gasteiger partial charge in [0.15, 0.2) is 0 Å². The maximum atomic E-state index is 15.0. The Morgan fingerprint density at radius 2 is 1.75 bits per heavy atom. The Morgan fingerprint density at radius 3 is 2.56 bits per heavy atom. The van der Waals surface area contributed by atoms with E-state index >= 15 is 4.39 Å². The Balaban J connectivity index is 1.45. The predicted molar refractivity (Wildman–Crippen MR) is 135 cm³/mol. The number of nitrogens with one attached hydrogen (secondary N) is 2. The first-order chi connectivity index (χ1) is 17.4. The van der Waals surface area contributed by atoms with Crippen molar-refractivity contribution in [3.63, 3.8) is 0 Å². The number of hydrogen-bond donors (Lipinski definition) is 2. The number of hydrogen-bond acceptors (Lipinski definition) is 3. The van der Waals surface area contributed by atoms with E-state index in [1.54, 1.807) is 65.8 Å². The molecule has 2 amide bonds. The molecule has 0 saturated heterocycles. The zero-order chi connectivity index (χ0) is 25.2. The number of nitrogens with zero attached hydrogens (tertiary/aromatic N) is 2. The topological polar surface area (TPSA) is 57.3 Å². The average Bonchev–Trinajstić information content (AvgIpc) is 2.85. The number of benzene rings is 3. The van der Waals surface area contributed by atoms with Gasteiger partial charge in [-0.05, 0) is 60.0 Å². The molecule has 9 heteroatoms. The van der Waals surface area contributed by atoms with Crippen molar-refractivity contribution in [3.05, 3.63) is 113 Å². The van der Waals surface area contributed by atoms with Gasteiger partial charge in [-0.15, -0.1) is 0 Å². The molecule has 0 aliphatic carbocycles. The molecule has 0 fully saturated rings. The van der Waals surface area contributed by atoms with Gasteiger partial charge in [-0.3, -0.25) is 4.98 Å². The molecule has 1 aliphatic rings. The molecule has 0 bridgehead atoms. The maximum absolute atomic E-state index is 15.0. The number of fused-ring (bicyclic) bond motifs is 1. The summed E-state index contributed by atoms with van der Waals surface area (Å²) in [6, 6.07) is 15.9. The highest BCUT2D eigenvalue weighted by Crippen LogP contribution is 2.40. The molecule has 4 aromatic rings. The number of carbonyl (C=O) groups is 1. The summed E-state index contributed by atoms with van der Waals surface area (Å²) in [5.74, 6) is -2.54. The van der Waals surface area contributed by atoms with Crippen LogP contribution in [-0.4, -0.2) is 17.6 Å². The molecule has 2 heterocycles. The first kappa shape index (κ1) is 23.7. The van der Waals surface area contributed by atoms with Crippen LogP contribution in [0.1, 0.15) is 17.0 Å². The number of amides is 2. The Hall–Kier alpha value is -4.04. The minimum absolute atomic E-state index is 0.180. The Labute approximate surface area is 210 Å². The van der Waals surface area contributed by atoms with Crippen LogP contribution < -0.4 is 15.5 Å². The fraction of sp³-hybridized carbons (Fsp3) is 0.111. The molecule has 2 N–H and O–H groups in total. The van der Waals surface area contributed by atoms with Crippen molar-refractivity contribution >= 4 is 40.4 Å². The van der Waals surface area contributed by atoms with E-state index in [4.69, 9.17) is 11.6 Å². The number of para-hydroxylation sites is 1. The van der Waals surface area contributed by atoms with Crippen LogP contribution in [0.2, 0.25) is 5.02 Å². The number of halogens is 4. The Kier molecular flexibility index (Phi) is 6.52. The average molecular weight is 509 g/mol. The summed E-state index contributed by atoms with van der Waals surface area (Å²) in [5.41, 5.74) is 2.35. The largest absolute Gasteiger partial charge is 0.338 e. The van der Waals surface area contributed by atoms with E-state index < -0.39 is 29.4 Å². The lowest BCUT2D eigenvalue weighted by Crippen LogP contribution is -2.32. The molecular formula is C27H20ClF3N4O. The molecule has 36 heavy (non-hydrogen) atoms. The number of aromatic nitrogens is 1. The molecule has 5 rings (SSSR count). The Bertz CT molecular complexity index is 1450. The highest BCUT2D eigenvalue weighted by Gasteiger charge is 2.30. The minimum atomic E-state index is -0.915. The fourth-order valence-electron chi connectivity index (χ4n) is 4.42. The number of pyridine rings is 1. The molecule has 0 saturated carbocycles. The van der Waals surface area contributed by atoms with Crippen molar-refractivity contribution in [2.75, 3.05) is 22.1 Å². The molecule has 1 atom stereocenters. The van der Waals surface area contributed by atoms with Crippen LogP contribution in [0.4, 0.5) is 40.7 Å². The molecule has 1 unspecified atom stereocenters. The van der Waals surface area contributed by atoms with E-state index in [0.29, 0.717) is 22.8 Å². The van der Waals surface area contributed by atoms with Gasteiger partial charge in [0, 0.05) is 47.3 Å². The summed E-state index contributed by atoms with van der Waals surface area (Å²) in [7, 11) is 0. The summed E-state index contributed by atoms with van der Waals surface area (Å²) in [6.07, 6.45) is 3.69. The van der Waals surface area contributed by atoms with E-state index in [9.17, 15) is 13.6 Å². The summed E-state index contributed by atoms with van der Waals surface area (Å²) >= 11 is 5.93. The second-order valence-corrected chi connectivity index (χ2v) is 8.85. The van der Waals surface area contributed by atoms with Gasteiger partial charge >= 0.3 is 6.03 Å². The molecule has 182 valence electrons. The van der Waals surface area contributed by atoms with Gasteiger partial charge in [0.1, 0.15) is 17.5 Å². The second-order valence-electron chi connectivity index (χ2n) is 8.41. The second kappa shape index (κ2) is 9.91. The van der Waals surface area contributed by atoms with E-state index in [0.717, 1.165) is 17.3 Å². The third kappa shape index (κ3) is 4.85. The van der Waals surface area contributed by atoms with Gasteiger partial charge in [-0.1, -0.05) is 29.8 Å². The minimum Gasteiger partial charge on any atom is -0.338 e. The fourth-order valence-corrected chi connectivity index (χ4v) is 4.61. The summed E-state index contributed by atoms with van der Waals surface area (Å²) in [4.78, 5) is 18.4. The number of urea groups is 1. The van der Waals surface area contributed by atoms with E-state index in [-0.39, 0.29) is 17.8 Å². The summed E-state index contributed by atoms with van der Waals surface area (Å²) < 4.78 is 44.4. The third-order valence-corrected chi connectivity index (χ3v) is 6.27. The lowest BCUT2D eigenvalue weighted by Gasteiger charge is -2.36. The molecular weight excluding hydrogens is 489 g/mol. The van der Waals surface area contributed by atoms with Crippen molar-refractivity contribution < 1.29 is 18.0 Å². The standard InChI is InChI=1S/C27H20ClF3N4O/c28-18-4-3-5-19(11-18)33-27(36)34-24-12-20(22(30)13-23(24)31)17-10-16-14-32-9-8-25(16)35(15-17)26-7-2-1-6-21(26)29/h1-9,11-14,17H,10,15H2,(H2,33,34,36). The number of rotatable bonds is 4. The SMILES string of the molecule is O=C(Nc1cccc(Cl)c1)Nc1cc(C2Cc3cnccc3N(c3ccccc3F)C2)c(F)cc1F. The highest BCUT2D eigenvalue weighted by molar-refractivity contribution is 6.30. The number of anilines is 4. The van der Waals surface area contributed by atoms with Gasteiger partial charge < -0.3 is 15.5 Å².